The summed E-state index contributed by atoms with van der Waals surface area (Å²) in [7, 11) is 1.49. The van der Waals surface area contributed by atoms with E-state index in [1.807, 2.05) is 24.3 Å². The minimum atomic E-state index is -0.225. The average Bonchev–Trinajstić information content (AvgIpc) is 2.97. The number of phenols is 1. The van der Waals surface area contributed by atoms with Crippen LogP contribution in [0, 0.1) is 0 Å². The summed E-state index contributed by atoms with van der Waals surface area (Å²) in [5.74, 6) is 0.229. The molecule has 1 aromatic heterocycles. The predicted octanol–water partition coefficient (Wildman–Crippen LogP) is 2.94. The highest BCUT2D eigenvalue weighted by atomic mass is 32.1. The number of hydrogen-bond donors (Lipinski definition) is 2. The number of nitrogens with zero attached hydrogens (tertiary/aromatic N) is 1. The zero-order valence-corrected chi connectivity index (χ0v) is 12.7. The molecule has 6 heteroatoms. The molecular formula is C16H14N2O3S. The highest BCUT2D eigenvalue weighted by Gasteiger charge is 2.12. The number of fused-ring (bicyclic) bond motifs is 1. The SMILES string of the molecule is COc1ccc(CNC(=O)c2nc3ccccc3s2)cc1O. The number of thiazole rings is 1. The number of ether oxygens (including phenoxy) is 1. The number of carbonyl (C=O) groups excluding carboxylic acids is 1. The van der Waals surface area contributed by atoms with E-state index in [9.17, 15) is 9.90 Å². The van der Waals surface area contributed by atoms with Gasteiger partial charge in [0, 0.05) is 6.54 Å². The van der Waals surface area contributed by atoms with Crippen LogP contribution in [0.4, 0.5) is 0 Å². The van der Waals surface area contributed by atoms with Crippen molar-refractivity contribution in [1.82, 2.24) is 10.3 Å². The molecule has 22 heavy (non-hydrogen) atoms. The Labute approximate surface area is 131 Å². The first-order valence-corrected chi connectivity index (χ1v) is 7.48. The molecule has 0 radical (unpaired) electrons. The van der Waals surface area contributed by atoms with Crippen molar-refractivity contribution in [2.75, 3.05) is 7.11 Å². The van der Waals surface area contributed by atoms with Gasteiger partial charge in [-0.1, -0.05) is 18.2 Å². The molecule has 1 heterocycles. The number of nitrogens with one attached hydrogen (secondary N) is 1. The van der Waals surface area contributed by atoms with E-state index in [0.29, 0.717) is 17.3 Å². The molecule has 0 aliphatic heterocycles. The maximum absolute atomic E-state index is 12.1. The molecule has 1 amide bonds. The molecule has 0 aliphatic carbocycles. The van der Waals surface area contributed by atoms with Crippen molar-refractivity contribution in [3.63, 3.8) is 0 Å². The summed E-state index contributed by atoms with van der Waals surface area (Å²) in [6, 6.07) is 12.6. The van der Waals surface area contributed by atoms with E-state index < -0.39 is 0 Å². The fourth-order valence-electron chi connectivity index (χ4n) is 2.07. The number of hydrogen-bond acceptors (Lipinski definition) is 5. The van der Waals surface area contributed by atoms with Crippen LogP contribution < -0.4 is 10.1 Å². The summed E-state index contributed by atoms with van der Waals surface area (Å²) in [6.45, 7) is 0.312. The first-order chi connectivity index (χ1) is 10.7. The van der Waals surface area contributed by atoms with Gasteiger partial charge in [0.25, 0.3) is 5.91 Å². The summed E-state index contributed by atoms with van der Waals surface area (Å²) < 4.78 is 5.96. The molecule has 0 bridgehead atoms. The Morgan fingerprint density at radius 1 is 1.32 bits per heavy atom. The van der Waals surface area contributed by atoms with Crippen molar-refractivity contribution in [2.24, 2.45) is 0 Å². The summed E-state index contributed by atoms with van der Waals surface area (Å²) in [4.78, 5) is 16.5. The normalized spacial score (nSPS) is 10.6. The third kappa shape index (κ3) is 2.87. The van der Waals surface area contributed by atoms with Crippen molar-refractivity contribution in [1.29, 1.82) is 0 Å². The largest absolute Gasteiger partial charge is 0.504 e. The van der Waals surface area contributed by atoms with Crippen molar-refractivity contribution in [3.05, 3.63) is 53.0 Å². The second-order valence-corrected chi connectivity index (χ2v) is 5.71. The maximum atomic E-state index is 12.1. The summed E-state index contributed by atoms with van der Waals surface area (Å²) in [5.41, 5.74) is 1.60. The molecular weight excluding hydrogens is 300 g/mol. The zero-order valence-electron chi connectivity index (χ0n) is 11.9. The molecule has 0 atom stereocenters. The third-order valence-corrected chi connectivity index (χ3v) is 4.22. The van der Waals surface area contributed by atoms with Gasteiger partial charge in [0.2, 0.25) is 0 Å². The number of amides is 1. The Morgan fingerprint density at radius 3 is 2.86 bits per heavy atom. The smallest absolute Gasteiger partial charge is 0.280 e. The van der Waals surface area contributed by atoms with Gasteiger partial charge >= 0.3 is 0 Å². The van der Waals surface area contributed by atoms with Gasteiger partial charge in [-0.15, -0.1) is 11.3 Å². The number of aromatic nitrogens is 1. The molecule has 0 unspecified atom stereocenters. The van der Waals surface area contributed by atoms with E-state index in [1.54, 1.807) is 18.2 Å². The van der Waals surface area contributed by atoms with Crippen LogP contribution in [0.25, 0.3) is 10.2 Å². The van der Waals surface area contributed by atoms with Crippen LogP contribution in [0.3, 0.4) is 0 Å². The fraction of sp³-hybridized carbons (Fsp3) is 0.125. The number of phenolic OH excluding ortho intramolecular Hbond substituents is 1. The molecule has 2 N–H and O–H groups in total. The van der Waals surface area contributed by atoms with Gasteiger partial charge in [-0.05, 0) is 29.8 Å². The summed E-state index contributed by atoms with van der Waals surface area (Å²) in [6.07, 6.45) is 0. The number of benzene rings is 2. The molecule has 0 aliphatic rings. The lowest BCUT2D eigenvalue weighted by Crippen LogP contribution is -2.22. The van der Waals surface area contributed by atoms with E-state index in [4.69, 9.17) is 4.74 Å². The highest BCUT2D eigenvalue weighted by molar-refractivity contribution is 7.20. The van der Waals surface area contributed by atoms with Crippen LogP contribution >= 0.6 is 11.3 Å². The fourth-order valence-corrected chi connectivity index (χ4v) is 2.95. The topological polar surface area (TPSA) is 71.5 Å². The van der Waals surface area contributed by atoms with Gasteiger partial charge in [0.15, 0.2) is 16.5 Å². The van der Waals surface area contributed by atoms with Gasteiger partial charge in [0.1, 0.15) is 0 Å². The number of aromatic hydroxyl groups is 1. The predicted molar refractivity (Wildman–Crippen MR) is 85.4 cm³/mol. The first-order valence-electron chi connectivity index (χ1n) is 6.67. The lowest BCUT2D eigenvalue weighted by molar-refractivity contribution is 0.0950. The van der Waals surface area contributed by atoms with Crippen molar-refractivity contribution >= 4 is 27.5 Å². The van der Waals surface area contributed by atoms with E-state index >= 15 is 0 Å². The maximum Gasteiger partial charge on any atom is 0.280 e. The molecule has 3 aromatic rings. The Bertz CT molecular complexity index is 796. The lowest BCUT2D eigenvalue weighted by Gasteiger charge is -2.07. The molecule has 0 saturated carbocycles. The van der Waals surface area contributed by atoms with E-state index in [-0.39, 0.29) is 11.7 Å². The second-order valence-electron chi connectivity index (χ2n) is 4.68. The minimum Gasteiger partial charge on any atom is -0.504 e. The van der Waals surface area contributed by atoms with Gasteiger partial charge < -0.3 is 15.2 Å². The first kappa shape index (κ1) is 14.3. The highest BCUT2D eigenvalue weighted by Crippen LogP contribution is 2.26. The lowest BCUT2D eigenvalue weighted by atomic mass is 10.2. The van der Waals surface area contributed by atoms with Crippen LogP contribution in [0.1, 0.15) is 15.4 Å². The van der Waals surface area contributed by atoms with Crippen LogP contribution in [-0.4, -0.2) is 23.1 Å². The molecule has 5 nitrogen and oxygen atoms in total. The number of rotatable bonds is 4. The third-order valence-electron chi connectivity index (χ3n) is 3.18. The van der Waals surface area contributed by atoms with Crippen molar-refractivity contribution in [3.8, 4) is 11.5 Å². The van der Waals surface area contributed by atoms with Crippen LogP contribution in [0.2, 0.25) is 0 Å². The summed E-state index contributed by atoms with van der Waals surface area (Å²) >= 11 is 1.36. The molecule has 112 valence electrons. The van der Waals surface area contributed by atoms with Gasteiger partial charge in [-0.3, -0.25) is 4.79 Å². The van der Waals surface area contributed by atoms with E-state index in [1.165, 1.54) is 18.4 Å². The number of carbonyl (C=O) groups is 1. The molecule has 2 aromatic carbocycles. The Kier molecular flexibility index (Phi) is 3.93. The standard InChI is InChI=1S/C16H14N2O3S/c1-21-13-7-6-10(8-12(13)19)9-17-15(20)16-18-11-4-2-3-5-14(11)22-16/h2-8,19H,9H2,1H3,(H,17,20). The van der Waals surface area contributed by atoms with Gasteiger partial charge in [-0.2, -0.15) is 0 Å². The average molecular weight is 314 g/mol. The molecule has 0 saturated heterocycles. The minimum absolute atomic E-state index is 0.0502. The number of methoxy groups -OCH3 is 1. The Balaban J connectivity index is 1.70. The Morgan fingerprint density at radius 2 is 2.14 bits per heavy atom. The summed E-state index contributed by atoms with van der Waals surface area (Å²) in [5, 5.41) is 12.9. The van der Waals surface area contributed by atoms with Crippen LogP contribution in [0.5, 0.6) is 11.5 Å². The second kappa shape index (κ2) is 6.03. The van der Waals surface area contributed by atoms with Gasteiger partial charge in [-0.25, -0.2) is 4.98 Å². The van der Waals surface area contributed by atoms with Crippen LogP contribution in [0.15, 0.2) is 42.5 Å². The van der Waals surface area contributed by atoms with E-state index in [0.717, 1.165) is 15.8 Å². The molecule has 0 spiro atoms. The number of para-hydroxylation sites is 1. The van der Waals surface area contributed by atoms with Crippen LogP contribution in [-0.2, 0) is 6.54 Å². The monoisotopic (exact) mass is 314 g/mol. The zero-order chi connectivity index (χ0) is 15.5. The van der Waals surface area contributed by atoms with Crippen molar-refractivity contribution < 1.29 is 14.6 Å². The molecule has 3 rings (SSSR count). The molecule has 0 fully saturated rings. The van der Waals surface area contributed by atoms with Crippen molar-refractivity contribution in [2.45, 2.75) is 6.54 Å². The quantitative estimate of drug-likeness (QED) is 0.776. The van der Waals surface area contributed by atoms with E-state index in [2.05, 4.69) is 10.3 Å². The van der Waals surface area contributed by atoms with Gasteiger partial charge in [0.05, 0.1) is 17.3 Å². The Hall–Kier alpha value is -2.60.